The molecular formula is C21H30N2O2. The first-order valence-electron chi connectivity index (χ1n) is 9.94. The van der Waals surface area contributed by atoms with Gasteiger partial charge in [-0.25, -0.2) is 0 Å². The van der Waals surface area contributed by atoms with Gasteiger partial charge in [0.25, 0.3) is 0 Å². The summed E-state index contributed by atoms with van der Waals surface area (Å²) in [5.74, 6) is 0.788. The third kappa shape index (κ3) is 3.22. The van der Waals surface area contributed by atoms with Gasteiger partial charge in [-0.05, 0) is 64.0 Å². The highest BCUT2D eigenvalue weighted by Crippen LogP contribution is 2.35. The van der Waals surface area contributed by atoms with E-state index in [0.717, 1.165) is 38.0 Å². The standard InChI is InChI=1S/C21H30N2O2/c1-14-10-11-16-6-3-4-8-19(16)23(14)21(24)15(2)22-18-7-5-9-20-17(18)12-13-25-20/h3-4,6,8,14-15,17-18,20,22H,5,7,9-13H2,1-2H3/t14-,15-,17-,18+,20-/m0/s1. The Morgan fingerprint density at radius 3 is 2.96 bits per heavy atom. The molecule has 136 valence electrons. The molecule has 2 fully saturated rings. The Bertz CT molecular complexity index is 632. The summed E-state index contributed by atoms with van der Waals surface area (Å²) in [6.07, 6.45) is 7.18. The molecule has 1 amide bonds. The van der Waals surface area contributed by atoms with Crippen LogP contribution in [0.1, 0.15) is 51.5 Å². The Morgan fingerprint density at radius 1 is 1.24 bits per heavy atom. The number of fused-ring (bicyclic) bond motifs is 2. The molecule has 1 aliphatic carbocycles. The van der Waals surface area contributed by atoms with Crippen LogP contribution < -0.4 is 10.2 Å². The van der Waals surface area contributed by atoms with Gasteiger partial charge in [-0.15, -0.1) is 0 Å². The Kier molecular flexibility index (Phi) is 4.83. The molecule has 0 unspecified atom stereocenters. The third-order valence-corrected chi connectivity index (χ3v) is 6.38. The highest BCUT2D eigenvalue weighted by Gasteiger charge is 2.39. The van der Waals surface area contributed by atoms with Crippen molar-refractivity contribution < 1.29 is 9.53 Å². The number of ether oxygens (including phenoxy) is 1. The van der Waals surface area contributed by atoms with Crippen LogP contribution in [0.2, 0.25) is 0 Å². The fourth-order valence-corrected chi connectivity index (χ4v) is 5.01. The van der Waals surface area contributed by atoms with E-state index in [0.29, 0.717) is 18.1 Å². The molecule has 1 N–H and O–H groups in total. The second kappa shape index (κ2) is 7.08. The monoisotopic (exact) mass is 342 g/mol. The van der Waals surface area contributed by atoms with Crippen molar-refractivity contribution in [2.45, 2.75) is 76.6 Å². The van der Waals surface area contributed by atoms with E-state index in [1.54, 1.807) is 0 Å². The van der Waals surface area contributed by atoms with Crippen LogP contribution >= 0.6 is 0 Å². The maximum absolute atomic E-state index is 13.3. The molecule has 0 spiro atoms. The lowest BCUT2D eigenvalue weighted by molar-refractivity contribution is -0.121. The number of nitrogens with zero attached hydrogens (tertiary/aromatic N) is 1. The number of hydrogen-bond acceptors (Lipinski definition) is 3. The first-order valence-corrected chi connectivity index (χ1v) is 9.94. The smallest absolute Gasteiger partial charge is 0.244 e. The fraction of sp³-hybridized carbons (Fsp3) is 0.667. The first-order chi connectivity index (χ1) is 12.1. The van der Waals surface area contributed by atoms with Crippen molar-refractivity contribution in [3.63, 3.8) is 0 Å². The second-order valence-corrected chi connectivity index (χ2v) is 8.01. The van der Waals surface area contributed by atoms with Gasteiger partial charge in [0.2, 0.25) is 5.91 Å². The Hall–Kier alpha value is -1.39. The number of anilines is 1. The van der Waals surface area contributed by atoms with Crippen molar-refractivity contribution >= 4 is 11.6 Å². The van der Waals surface area contributed by atoms with Crippen molar-refractivity contribution in [1.82, 2.24) is 5.32 Å². The van der Waals surface area contributed by atoms with Crippen LogP contribution in [0.4, 0.5) is 5.69 Å². The highest BCUT2D eigenvalue weighted by atomic mass is 16.5. The summed E-state index contributed by atoms with van der Waals surface area (Å²) in [7, 11) is 0. The number of aryl methyl sites for hydroxylation is 1. The maximum atomic E-state index is 13.3. The average Bonchev–Trinajstić information content (AvgIpc) is 3.11. The lowest BCUT2D eigenvalue weighted by Gasteiger charge is -2.39. The van der Waals surface area contributed by atoms with E-state index < -0.39 is 0 Å². The molecule has 4 heteroatoms. The summed E-state index contributed by atoms with van der Waals surface area (Å²) in [6, 6.07) is 8.88. The predicted molar refractivity (Wildman–Crippen MR) is 99.8 cm³/mol. The lowest BCUT2D eigenvalue weighted by atomic mass is 9.81. The van der Waals surface area contributed by atoms with E-state index in [1.807, 2.05) is 17.9 Å². The molecule has 1 aromatic rings. The summed E-state index contributed by atoms with van der Waals surface area (Å²) < 4.78 is 5.87. The molecule has 4 rings (SSSR count). The fourth-order valence-electron chi connectivity index (χ4n) is 5.01. The Labute approximate surface area is 150 Å². The molecule has 25 heavy (non-hydrogen) atoms. The maximum Gasteiger partial charge on any atom is 0.244 e. The van der Waals surface area contributed by atoms with Gasteiger partial charge in [-0.1, -0.05) is 18.2 Å². The zero-order valence-electron chi connectivity index (χ0n) is 15.4. The number of para-hydroxylation sites is 1. The largest absolute Gasteiger partial charge is 0.378 e. The van der Waals surface area contributed by atoms with Crippen LogP contribution in [-0.2, 0) is 16.0 Å². The molecule has 1 saturated heterocycles. The Balaban J connectivity index is 1.48. The van der Waals surface area contributed by atoms with E-state index in [9.17, 15) is 4.79 Å². The van der Waals surface area contributed by atoms with Gasteiger partial charge in [0, 0.05) is 30.3 Å². The van der Waals surface area contributed by atoms with E-state index in [4.69, 9.17) is 4.74 Å². The number of nitrogens with one attached hydrogen (secondary N) is 1. The van der Waals surface area contributed by atoms with E-state index >= 15 is 0 Å². The van der Waals surface area contributed by atoms with Gasteiger partial charge in [0.05, 0.1) is 12.1 Å². The molecule has 2 aliphatic heterocycles. The number of carbonyl (C=O) groups excluding carboxylic acids is 1. The van der Waals surface area contributed by atoms with Gasteiger partial charge in [-0.3, -0.25) is 4.79 Å². The summed E-state index contributed by atoms with van der Waals surface area (Å²) in [5, 5.41) is 3.67. The van der Waals surface area contributed by atoms with Crippen LogP contribution in [0.25, 0.3) is 0 Å². The van der Waals surface area contributed by atoms with Crippen molar-refractivity contribution in [3.8, 4) is 0 Å². The second-order valence-electron chi connectivity index (χ2n) is 8.01. The molecule has 4 nitrogen and oxygen atoms in total. The number of carbonyl (C=O) groups is 1. The van der Waals surface area contributed by atoms with Crippen molar-refractivity contribution in [1.29, 1.82) is 0 Å². The summed E-state index contributed by atoms with van der Waals surface area (Å²) in [6.45, 7) is 5.08. The molecule has 1 saturated carbocycles. The van der Waals surface area contributed by atoms with E-state index in [-0.39, 0.29) is 18.0 Å². The average molecular weight is 342 g/mol. The van der Waals surface area contributed by atoms with Gasteiger partial charge in [-0.2, -0.15) is 0 Å². The highest BCUT2D eigenvalue weighted by molar-refractivity contribution is 5.98. The molecule has 2 heterocycles. The molecule has 1 aromatic carbocycles. The van der Waals surface area contributed by atoms with Crippen LogP contribution in [0, 0.1) is 5.92 Å². The van der Waals surface area contributed by atoms with Gasteiger partial charge in [0.1, 0.15) is 0 Å². The third-order valence-electron chi connectivity index (χ3n) is 6.38. The minimum absolute atomic E-state index is 0.155. The normalized spacial score (nSPS) is 32.8. The van der Waals surface area contributed by atoms with Crippen molar-refractivity contribution in [2.75, 3.05) is 11.5 Å². The number of benzene rings is 1. The zero-order chi connectivity index (χ0) is 17.4. The van der Waals surface area contributed by atoms with Gasteiger partial charge in [0.15, 0.2) is 0 Å². The van der Waals surface area contributed by atoms with Crippen LogP contribution in [0.15, 0.2) is 24.3 Å². The molecule has 3 aliphatic rings. The summed E-state index contributed by atoms with van der Waals surface area (Å²) in [4.78, 5) is 15.3. The summed E-state index contributed by atoms with van der Waals surface area (Å²) >= 11 is 0. The minimum Gasteiger partial charge on any atom is -0.378 e. The zero-order valence-corrected chi connectivity index (χ0v) is 15.4. The lowest BCUT2D eigenvalue weighted by Crippen LogP contribution is -2.55. The molecule has 0 radical (unpaired) electrons. The topological polar surface area (TPSA) is 41.6 Å². The molecule has 0 bridgehead atoms. The van der Waals surface area contributed by atoms with Crippen molar-refractivity contribution in [2.24, 2.45) is 5.92 Å². The van der Waals surface area contributed by atoms with E-state index in [2.05, 4.69) is 30.4 Å². The Morgan fingerprint density at radius 2 is 2.08 bits per heavy atom. The number of rotatable bonds is 3. The quantitative estimate of drug-likeness (QED) is 0.916. The minimum atomic E-state index is -0.155. The molecule has 0 aromatic heterocycles. The number of amides is 1. The van der Waals surface area contributed by atoms with Crippen LogP contribution in [0.5, 0.6) is 0 Å². The SMILES string of the molecule is C[C@H](N[C@@H]1CCC[C@@H]2OCC[C@H]21)C(=O)N1c2ccccc2CC[C@@H]1C. The predicted octanol–water partition coefficient (Wildman–Crippen LogP) is 3.29. The van der Waals surface area contributed by atoms with Gasteiger partial charge >= 0.3 is 0 Å². The van der Waals surface area contributed by atoms with Crippen molar-refractivity contribution in [3.05, 3.63) is 29.8 Å². The number of hydrogen-bond donors (Lipinski definition) is 1. The molecular weight excluding hydrogens is 312 g/mol. The first kappa shape index (κ1) is 17.0. The van der Waals surface area contributed by atoms with Gasteiger partial charge < -0.3 is 15.0 Å². The molecule has 5 atom stereocenters. The summed E-state index contributed by atoms with van der Waals surface area (Å²) in [5.41, 5.74) is 2.40. The van der Waals surface area contributed by atoms with Crippen LogP contribution in [-0.4, -0.2) is 36.7 Å². The van der Waals surface area contributed by atoms with E-state index in [1.165, 1.54) is 18.4 Å². The van der Waals surface area contributed by atoms with Crippen LogP contribution in [0.3, 0.4) is 0 Å².